The number of carbonyl (C=O) groups excluding carboxylic acids is 1. The van der Waals surface area contributed by atoms with E-state index >= 15 is 0 Å². The average Bonchev–Trinajstić information content (AvgIpc) is 2.71. The molecule has 0 aromatic heterocycles. The Morgan fingerprint density at radius 2 is 2.17 bits per heavy atom. The summed E-state index contributed by atoms with van der Waals surface area (Å²) in [4.78, 5) is 13.6. The molecule has 1 atom stereocenters. The highest BCUT2D eigenvalue weighted by Crippen LogP contribution is 2.17. The second kappa shape index (κ2) is 6.95. The number of nitrogens with zero attached hydrogens (tertiary/aromatic N) is 1. The van der Waals surface area contributed by atoms with Crippen molar-refractivity contribution in [3.63, 3.8) is 0 Å². The molecule has 1 saturated heterocycles. The number of ether oxygens (including phenoxy) is 2. The summed E-state index contributed by atoms with van der Waals surface area (Å²) in [5.41, 5.74) is -0.428. The van der Waals surface area contributed by atoms with Gasteiger partial charge in [-0.05, 0) is 47.2 Å². The van der Waals surface area contributed by atoms with Gasteiger partial charge in [0.2, 0.25) is 0 Å². The first-order chi connectivity index (χ1) is 8.42. The third-order valence-electron chi connectivity index (χ3n) is 2.72. The van der Waals surface area contributed by atoms with Gasteiger partial charge in [-0.3, -0.25) is 0 Å². The van der Waals surface area contributed by atoms with E-state index in [2.05, 4.69) is 5.32 Å². The van der Waals surface area contributed by atoms with Crippen molar-refractivity contribution in [2.45, 2.75) is 45.3 Å². The van der Waals surface area contributed by atoms with Crippen LogP contribution in [0.5, 0.6) is 0 Å². The van der Waals surface area contributed by atoms with Gasteiger partial charge in [0, 0.05) is 13.2 Å². The minimum absolute atomic E-state index is 0.161. The van der Waals surface area contributed by atoms with E-state index in [0.717, 1.165) is 32.5 Å². The molecule has 1 N–H and O–H groups in total. The third-order valence-corrected chi connectivity index (χ3v) is 2.72. The molecule has 1 amide bonds. The Balaban J connectivity index is 2.22. The van der Waals surface area contributed by atoms with Gasteiger partial charge < -0.3 is 19.7 Å². The maximum absolute atomic E-state index is 11.8. The Labute approximate surface area is 110 Å². The second-order valence-electron chi connectivity index (χ2n) is 5.66. The Morgan fingerprint density at radius 1 is 1.44 bits per heavy atom. The molecule has 1 heterocycles. The molecule has 0 spiro atoms. The minimum atomic E-state index is -0.428. The summed E-state index contributed by atoms with van der Waals surface area (Å²) in [6, 6.07) is 0. The second-order valence-corrected chi connectivity index (χ2v) is 5.66. The van der Waals surface area contributed by atoms with E-state index in [1.807, 2.05) is 27.8 Å². The minimum Gasteiger partial charge on any atom is -0.444 e. The van der Waals surface area contributed by atoms with E-state index in [1.54, 1.807) is 4.90 Å². The van der Waals surface area contributed by atoms with E-state index in [-0.39, 0.29) is 12.2 Å². The smallest absolute Gasteiger partial charge is 0.410 e. The molecule has 0 aromatic rings. The molecule has 0 saturated carbocycles. The molecular formula is C13H26N2O3. The maximum atomic E-state index is 11.8. The monoisotopic (exact) mass is 258 g/mol. The summed E-state index contributed by atoms with van der Waals surface area (Å²) >= 11 is 0. The number of rotatable bonds is 5. The average molecular weight is 258 g/mol. The number of likely N-dealkylation sites (tertiary alicyclic amines) is 1. The van der Waals surface area contributed by atoms with E-state index in [0.29, 0.717) is 6.54 Å². The van der Waals surface area contributed by atoms with Gasteiger partial charge >= 0.3 is 6.09 Å². The van der Waals surface area contributed by atoms with Gasteiger partial charge in [-0.15, -0.1) is 0 Å². The molecular weight excluding hydrogens is 232 g/mol. The van der Waals surface area contributed by atoms with Crippen LogP contribution in [0.2, 0.25) is 0 Å². The fourth-order valence-electron chi connectivity index (χ4n) is 1.86. The highest BCUT2D eigenvalue weighted by atomic mass is 16.6. The topological polar surface area (TPSA) is 50.8 Å². The lowest BCUT2D eigenvalue weighted by Gasteiger charge is -2.24. The van der Waals surface area contributed by atoms with Crippen LogP contribution in [0.3, 0.4) is 0 Å². The maximum Gasteiger partial charge on any atom is 0.410 e. The van der Waals surface area contributed by atoms with Crippen LogP contribution in [0.4, 0.5) is 4.79 Å². The van der Waals surface area contributed by atoms with Crippen LogP contribution in [0.15, 0.2) is 0 Å². The SMILES string of the molecule is CNCCCOC1CCN(C(=O)OC(C)(C)C)C1. The molecule has 1 aliphatic heterocycles. The number of amides is 1. The normalized spacial score (nSPS) is 20.2. The summed E-state index contributed by atoms with van der Waals surface area (Å²) in [5, 5.41) is 3.08. The van der Waals surface area contributed by atoms with Crippen molar-refractivity contribution in [2.75, 3.05) is 33.3 Å². The Hall–Kier alpha value is -0.810. The van der Waals surface area contributed by atoms with E-state index < -0.39 is 5.60 Å². The number of carbonyl (C=O) groups is 1. The van der Waals surface area contributed by atoms with Crippen molar-refractivity contribution in [1.82, 2.24) is 10.2 Å². The molecule has 1 unspecified atom stereocenters. The summed E-state index contributed by atoms with van der Waals surface area (Å²) in [6.07, 6.45) is 1.83. The molecule has 0 bridgehead atoms. The van der Waals surface area contributed by atoms with Crippen LogP contribution in [-0.2, 0) is 9.47 Å². The molecule has 5 heteroatoms. The lowest BCUT2D eigenvalue weighted by atomic mass is 10.2. The largest absolute Gasteiger partial charge is 0.444 e. The van der Waals surface area contributed by atoms with Crippen molar-refractivity contribution in [3.8, 4) is 0 Å². The first-order valence-electron chi connectivity index (χ1n) is 6.66. The fourth-order valence-corrected chi connectivity index (χ4v) is 1.86. The molecule has 1 rings (SSSR count). The summed E-state index contributed by atoms with van der Waals surface area (Å²) < 4.78 is 11.1. The molecule has 0 aliphatic carbocycles. The van der Waals surface area contributed by atoms with E-state index in [1.165, 1.54) is 0 Å². The van der Waals surface area contributed by atoms with E-state index in [9.17, 15) is 4.79 Å². The van der Waals surface area contributed by atoms with Gasteiger partial charge in [-0.1, -0.05) is 0 Å². The van der Waals surface area contributed by atoms with Crippen LogP contribution >= 0.6 is 0 Å². The number of nitrogens with one attached hydrogen (secondary N) is 1. The van der Waals surface area contributed by atoms with Crippen LogP contribution in [0.25, 0.3) is 0 Å². The van der Waals surface area contributed by atoms with Crippen molar-refractivity contribution < 1.29 is 14.3 Å². The molecule has 5 nitrogen and oxygen atoms in total. The lowest BCUT2D eigenvalue weighted by molar-refractivity contribution is 0.0208. The van der Waals surface area contributed by atoms with Crippen molar-refractivity contribution >= 4 is 6.09 Å². The Morgan fingerprint density at radius 3 is 2.78 bits per heavy atom. The predicted molar refractivity (Wildman–Crippen MR) is 70.7 cm³/mol. The fraction of sp³-hybridized carbons (Fsp3) is 0.923. The van der Waals surface area contributed by atoms with Gasteiger partial charge in [0.05, 0.1) is 12.6 Å². The first kappa shape index (κ1) is 15.2. The summed E-state index contributed by atoms with van der Waals surface area (Å²) in [6.45, 7) is 8.72. The van der Waals surface area contributed by atoms with Crippen LogP contribution < -0.4 is 5.32 Å². The van der Waals surface area contributed by atoms with Gasteiger partial charge in [-0.25, -0.2) is 4.79 Å². The number of hydrogen-bond acceptors (Lipinski definition) is 4. The molecule has 106 valence electrons. The summed E-state index contributed by atoms with van der Waals surface area (Å²) in [5.74, 6) is 0. The van der Waals surface area contributed by atoms with Crippen LogP contribution in [0.1, 0.15) is 33.6 Å². The molecule has 1 fully saturated rings. The Kier molecular flexibility index (Phi) is 5.88. The van der Waals surface area contributed by atoms with Crippen molar-refractivity contribution in [3.05, 3.63) is 0 Å². The number of hydrogen-bond donors (Lipinski definition) is 1. The van der Waals surface area contributed by atoms with Crippen molar-refractivity contribution in [1.29, 1.82) is 0 Å². The van der Waals surface area contributed by atoms with Gasteiger partial charge in [0.25, 0.3) is 0 Å². The predicted octanol–water partition coefficient (Wildman–Crippen LogP) is 1.62. The van der Waals surface area contributed by atoms with Gasteiger partial charge in [0.15, 0.2) is 0 Å². The quantitative estimate of drug-likeness (QED) is 0.761. The van der Waals surface area contributed by atoms with Gasteiger partial charge in [-0.2, -0.15) is 0 Å². The Bertz CT molecular complexity index is 263. The zero-order valence-electron chi connectivity index (χ0n) is 12.0. The van der Waals surface area contributed by atoms with Crippen LogP contribution in [-0.4, -0.2) is 56.0 Å². The third kappa shape index (κ3) is 5.69. The van der Waals surface area contributed by atoms with E-state index in [4.69, 9.17) is 9.47 Å². The lowest BCUT2D eigenvalue weighted by Crippen LogP contribution is -2.36. The van der Waals surface area contributed by atoms with Crippen LogP contribution in [0, 0.1) is 0 Å². The first-order valence-corrected chi connectivity index (χ1v) is 6.66. The standard InChI is InChI=1S/C13H26N2O3/c1-13(2,3)18-12(16)15-8-6-11(10-15)17-9-5-7-14-4/h11,14H,5-10H2,1-4H3. The van der Waals surface area contributed by atoms with Gasteiger partial charge in [0.1, 0.15) is 5.60 Å². The molecule has 18 heavy (non-hydrogen) atoms. The zero-order chi connectivity index (χ0) is 13.6. The summed E-state index contributed by atoms with van der Waals surface area (Å²) in [7, 11) is 1.93. The molecule has 0 aromatic carbocycles. The zero-order valence-corrected chi connectivity index (χ0v) is 12.0. The molecule has 1 aliphatic rings. The highest BCUT2D eigenvalue weighted by molar-refractivity contribution is 5.68. The molecule has 0 radical (unpaired) electrons. The highest BCUT2D eigenvalue weighted by Gasteiger charge is 2.29. The van der Waals surface area contributed by atoms with Crippen molar-refractivity contribution in [2.24, 2.45) is 0 Å².